The molecule has 0 heterocycles. The molecular formula is C15H26O3. The van der Waals surface area contributed by atoms with Crippen LogP contribution in [-0.2, 0) is 14.4 Å². The highest BCUT2D eigenvalue weighted by Gasteiger charge is 2.09. The van der Waals surface area contributed by atoms with E-state index in [0.29, 0.717) is 38.5 Å². The zero-order chi connectivity index (χ0) is 13.8. The first-order chi connectivity index (χ1) is 8.60. The Hall–Kier alpha value is -0.990. The summed E-state index contributed by atoms with van der Waals surface area (Å²) < 4.78 is 0. The minimum atomic E-state index is 0.0460. The van der Waals surface area contributed by atoms with Gasteiger partial charge in [0.15, 0.2) is 0 Å². The van der Waals surface area contributed by atoms with Crippen molar-refractivity contribution in [1.82, 2.24) is 0 Å². The van der Waals surface area contributed by atoms with Crippen LogP contribution in [-0.4, -0.2) is 17.3 Å². The van der Waals surface area contributed by atoms with Crippen LogP contribution in [0.3, 0.4) is 0 Å². The first-order valence-corrected chi connectivity index (χ1v) is 7.15. The Balaban J connectivity index is 3.59. The number of carbonyl (C=O) groups excluding carboxylic acids is 3. The van der Waals surface area contributed by atoms with Gasteiger partial charge in [-0.3, -0.25) is 14.4 Å². The van der Waals surface area contributed by atoms with Crippen LogP contribution in [0.4, 0.5) is 0 Å². The summed E-state index contributed by atoms with van der Waals surface area (Å²) in [5, 5.41) is 0. The van der Waals surface area contributed by atoms with Crippen LogP contribution in [0.15, 0.2) is 0 Å². The molecule has 0 aliphatic carbocycles. The largest absolute Gasteiger partial charge is 0.300 e. The molecule has 0 atom stereocenters. The summed E-state index contributed by atoms with van der Waals surface area (Å²) in [6.07, 6.45) is 6.30. The predicted molar refractivity (Wildman–Crippen MR) is 72.5 cm³/mol. The van der Waals surface area contributed by atoms with Crippen LogP contribution in [0, 0.1) is 0 Å². The minimum Gasteiger partial charge on any atom is -0.300 e. The number of hydrogen-bond acceptors (Lipinski definition) is 3. The van der Waals surface area contributed by atoms with Gasteiger partial charge in [-0.25, -0.2) is 0 Å². The molecule has 0 aliphatic rings. The highest BCUT2D eigenvalue weighted by atomic mass is 16.1. The maximum absolute atomic E-state index is 11.5. The lowest BCUT2D eigenvalue weighted by atomic mass is 10.0. The molecule has 0 fully saturated rings. The number of ketones is 3. The van der Waals surface area contributed by atoms with E-state index in [1.54, 1.807) is 0 Å². The standard InChI is InChI=1S/C15H26O3/c1-3-5-7-13(16)9-11-15(18)12-10-14(17)8-6-4-2/h3-12H2,1-2H3. The van der Waals surface area contributed by atoms with E-state index < -0.39 is 0 Å². The van der Waals surface area contributed by atoms with Crippen molar-refractivity contribution in [1.29, 1.82) is 0 Å². The van der Waals surface area contributed by atoms with Crippen molar-refractivity contribution >= 4 is 17.3 Å². The third-order valence-electron chi connectivity index (χ3n) is 2.98. The minimum absolute atomic E-state index is 0.0460. The summed E-state index contributed by atoms with van der Waals surface area (Å²) >= 11 is 0. The zero-order valence-corrected chi connectivity index (χ0v) is 11.8. The van der Waals surface area contributed by atoms with E-state index in [9.17, 15) is 14.4 Å². The predicted octanol–water partition coefficient (Wildman–Crippen LogP) is 3.63. The van der Waals surface area contributed by atoms with Crippen LogP contribution < -0.4 is 0 Å². The molecule has 0 aromatic carbocycles. The SMILES string of the molecule is CCCCC(=O)CCC(=O)CCC(=O)CCCC. The van der Waals surface area contributed by atoms with E-state index in [-0.39, 0.29) is 17.3 Å². The van der Waals surface area contributed by atoms with E-state index in [4.69, 9.17) is 0 Å². The van der Waals surface area contributed by atoms with Crippen molar-refractivity contribution in [2.45, 2.75) is 78.1 Å². The van der Waals surface area contributed by atoms with Gasteiger partial charge >= 0.3 is 0 Å². The molecule has 3 heteroatoms. The van der Waals surface area contributed by atoms with Gasteiger partial charge in [-0.15, -0.1) is 0 Å². The van der Waals surface area contributed by atoms with Gasteiger partial charge < -0.3 is 0 Å². The number of Topliss-reactive ketones (excluding diaryl/α,β-unsaturated/α-hetero) is 3. The Morgan fingerprint density at radius 2 is 0.833 bits per heavy atom. The van der Waals surface area contributed by atoms with Crippen molar-refractivity contribution < 1.29 is 14.4 Å². The van der Waals surface area contributed by atoms with Crippen molar-refractivity contribution in [2.75, 3.05) is 0 Å². The van der Waals surface area contributed by atoms with Gasteiger partial charge in [0.05, 0.1) is 0 Å². The molecule has 18 heavy (non-hydrogen) atoms. The van der Waals surface area contributed by atoms with Crippen LogP contribution in [0.5, 0.6) is 0 Å². The zero-order valence-electron chi connectivity index (χ0n) is 11.8. The van der Waals surface area contributed by atoms with Gasteiger partial charge in [-0.2, -0.15) is 0 Å². The molecule has 3 nitrogen and oxygen atoms in total. The molecule has 0 saturated heterocycles. The maximum atomic E-state index is 11.5. The van der Waals surface area contributed by atoms with E-state index in [0.717, 1.165) is 25.7 Å². The molecule has 0 aliphatic heterocycles. The summed E-state index contributed by atoms with van der Waals surface area (Å²) in [7, 11) is 0. The molecule has 0 rings (SSSR count). The van der Waals surface area contributed by atoms with Crippen molar-refractivity contribution in [2.24, 2.45) is 0 Å². The monoisotopic (exact) mass is 254 g/mol. The number of hydrogen-bond donors (Lipinski definition) is 0. The molecule has 0 aromatic heterocycles. The third kappa shape index (κ3) is 10.2. The summed E-state index contributed by atoms with van der Waals surface area (Å²) in [4.78, 5) is 34.2. The van der Waals surface area contributed by atoms with Crippen LogP contribution >= 0.6 is 0 Å². The molecule has 0 N–H and O–H groups in total. The fraction of sp³-hybridized carbons (Fsp3) is 0.800. The topological polar surface area (TPSA) is 51.2 Å². The van der Waals surface area contributed by atoms with Gasteiger partial charge in [0.25, 0.3) is 0 Å². The van der Waals surface area contributed by atoms with Crippen molar-refractivity contribution in [3.05, 3.63) is 0 Å². The molecule has 0 bridgehead atoms. The second-order valence-electron chi connectivity index (χ2n) is 4.82. The fourth-order valence-corrected chi connectivity index (χ4v) is 1.68. The number of unbranched alkanes of at least 4 members (excludes halogenated alkanes) is 2. The quantitative estimate of drug-likeness (QED) is 0.534. The van der Waals surface area contributed by atoms with E-state index in [1.165, 1.54) is 0 Å². The van der Waals surface area contributed by atoms with E-state index in [2.05, 4.69) is 0 Å². The summed E-state index contributed by atoms with van der Waals surface area (Å²) in [6, 6.07) is 0. The van der Waals surface area contributed by atoms with Crippen molar-refractivity contribution in [3.8, 4) is 0 Å². The van der Waals surface area contributed by atoms with E-state index >= 15 is 0 Å². The lowest BCUT2D eigenvalue weighted by Crippen LogP contribution is -2.07. The Bertz CT molecular complexity index is 243. The Labute approximate surface area is 110 Å². The van der Waals surface area contributed by atoms with Gasteiger partial charge in [0.2, 0.25) is 0 Å². The first-order valence-electron chi connectivity index (χ1n) is 7.15. The summed E-state index contributed by atoms with van der Waals surface area (Å²) in [5.41, 5.74) is 0. The molecule has 0 amide bonds. The number of carbonyl (C=O) groups is 3. The van der Waals surface area contributed by atoms with Crippen LogP contribution in [0.25, 0.3) is 0 Å². The van der Waals surface area contributed by atoms with Gasteiger partial charge in [0, 0.05) is 38.5 Å². The Morgan fingerprint density at radius 1 is 0.556 bits per heavy atom. The van der Waals surface area contributed by atoms with Gasteiger partial charge in [0.1, 0.15) is 17.3 Å². The maximum Gasteiger partial charge on any atom is 0.133 e. The van der Waals surface area contributed by atoms with Crippen molar-refractivity contribution in [3.63, 3.8) is 0 Å². The first kappa shape index (κ1) is 17.0. The van der Waals surface area contributed by atoms with Gasteiger partial charge in [-0.05, 0) is 12.8 Å². The lowest BCUT2D eigenvalue weighted by Gasteiger charge is -2.01. The molecular weight excluding hydrogens is 228 g/mol. The average molecular weight is 254 g/mol. The molecule has 0 aromatic rings. The third-order valence-corrected chi connectivity index (χ3v) is 2.98. The summed E-state index contributed by atoms with van der Waals surface area (Å²) in [6.45, 7) is 4.08. The second-order valence-corrected chi connectivity index (χ2v) is 4.82. The summed E-state index contributed by atoms with van der Waals surface area (Å²) in [5.74, 6) is 0.384. The Kier molecular flexibility index (Phi) is 10.5. The van der Waals surface area contributed by atoms with Gasteiger partial charge in [-0.1, -0.05) is 26.7 Å². The normalized spacial score (nSPS) is 10.3. The highest BCUT2D eigenvalue weighted by Crippen LogP contribution is 2.06. The van der Waals surface area contributed by atoms with Crippen LogP contribution in [0.2, 0.25) is 0 Å². The fourth-order valence-electron chi connectivity index (χ4n) is 1.68. The second kappa shape index (κ2) is 11.1. The van der Waals surface area contributed by atoms with Crippen LogP contribution in [0.1, 0.15) is 78.1 Å². The molecule has 0 unspecified atom stereocenters. The molecule has 0 spiro atoms. The lowest BCUT2D eigenvalue weighted by molar-refractivity contribution is -0.126. The Morgan fingerprint density at radius 3 is 1.11 bits per heavy atom. The highest BCUT2D eigenvalue weighted by molar-refractivity contribution is 5.89. The number of rotatable bonds is 12. The molecule has 0 radical (unpaired) electrons. The van der Waals surface area contributed by atoms with E-state index in [1.807, 2.05) is 13.8 Å². The molecule has 0 saturated carbocycles. The molecule has 104 valence electrons. The average Bonchev–Trinajstić information content (AvgIpc) is 2.37. The smallest absolute Gasteiger partial charge is 0.133 e.